The van der Waals surface area contributed by atoms with Crippen LogP contribution in [0.1, 0.15) is 46.3 Å². The van der Waals surface area contributed by atoms with Gasteiger partial charge in [0.15, 0.2) is 0 Å². The van der Waals surface area contributed by atoms with Crippen molar-refractivity contribution in [3.63, 3.8) is 0 Å². The second kappa shape index (κ2) is 7.55. The summed E-state index contributed by atoms with van der Waals surface area (Å²) in [5, 5.41) is 13.1. The van der Waals surface area contributed by atoms with Crippen molar-refractivity contribution in [3.8, 4) is 5.75 Å². The Kier molecular flexibility index (Phi) is 5.52. The molecule has 1 heterocycles. The standard InChI is InChI=1S/C22H31NO4/c1-13(2)23-21(25)27-12-22-11-26-20(17-8-6-7-9-18(17)24)19(16(22)5)14(3)10-15(22)4/h6-10,13,15-16,19-20,24H,11-12H2,1-5H3,(H,23,25)/t15?,16-,19?,20?,22-/m1/s1. The number of fused-ring (bicyclic) bond motifs is 2. The number of hydrogen-bond acceptors (Lipinski definition) is 4. The number of phenolic OH excluding ortho intramolecular Hbond substituents is 1. The summed E-state index contributed by atoms with van der Waals surface area (Å²) in [4.78, 5) is 12.0. The van der Waals surface area contributed by atoms with E-state index in [0.717, 1.165) is 5.56 Å². The first-order valence-electron chi connectivity index (χ1n) is 9.77. The maximum absolute atomic E-state index is 12.0. The number of para-hydroxylation sites is 1. The molecule has 27 heavy (non-hydrogen) atoms. The van der Waals surface area contributed by atoms with Gasteiger partial charge in [-0.15, -0.1) is 0 Å². The molecule has 1 amide bonds. The third-order valence-corrected chi connectivity index (χ3v) is 6.37. The monoisotopic (exact) mass is 373 g/mol. The first-order valence-corrected chi connectivity index (χ1v) is 9.77. The van der Waals surface area contributed by atoms with Crippen molar-refractivity contribution >= 4 is 6.09 Å². The summed E-state index contributed by atoms with van der Waals surface area (Å²) in [7, 11) is 0. The Bertz CT molecular complexity index is 729. The van der Waals surface area contributed by atoms with Crippen LogP contribution in [0.4, 0.5) is 4.79 Å². The minimum atomic E-state index is -0.385. The van der Waals surface area contributed by atoms with E-state index in [0.29, 0.717) is 13.2 Å². The SMILES string of the molecule is CC1=CC(C)[C@]2(COC(=O)NC(C)C)COC(c3ccccc3O)C1[C@H]2C. The van der Waals surface area contributed by atoms with Gasteiger partial charge in [0.1, 0.15) is 12.4 Å². The van der Waals surface area contributed by atoms with Gasteiger partial charge in [-0.25, -0.2) is 4.79 Å². The fourth-order valence-corrected chi connectivity index (χ4v) is 4.74. The molecule has 1 aromatic carbocycles. The van der Waals surface area contributed by atoms with Crippen molar-refractivity contribution in [1.82, 2.24) is 5.32 Å². The summed E-state index contributed by atoms with van der Waals surface area (Å²) < 4.78 is 11.9. The molecule has 2 aliphatic rings. The first kappa shape index (κ1) is 19.7. The third-order valence-electron chi connectivity index (χ3n) is 6.37. The minimum absolute atomic E-state index is 0.0409. The lowest BCUT2D eigenvalue weighted by Crippen LogP contribution is -2.55. The molecular formula is C22H31NO4. The van der Waals surface area contributed by atoms with Crippen LogP contribution in [0.2, 0.25) is 0 Å². The first-order chi connectivity index (χ1) is 12.8. The second-order valence-corrected chi connectivity index (χ2v) is 8.41. The highest BCUT2D eigenvalue weighted by molar-refractivity contribution is 5.67. The predicted octanol–water partition coefficient (Wildman–Crippen LogP) is 4.43. The number of aromatic hydroxyl groups is 1. The van der Waals surface area contributed by atoms with Gasteiger partial charge in [0, 0.05) is 22.9 Å². The number of carbonyl (C=O) groups is 1. The largest absolute Gasteiger partial charge is 0.508 e. The van der Waals surface area contributed by atoms with Gasteiger partial charge in [0.25, 0.3) is 0 Å². The van der Waals surface area contributed by atoms with E-state index in [2.05, 4.69) is 32.2 Å². The number of allylic oxidation sites excluding steroid dienone is 1. The average molecular weight is 373 g/mol. The lowest BCUT2D eigenvalue weighted by molar-refractivity contribution is -0.166. The van der Waals surface area contributed by atoms with Gasteiger partial charge in [-0.05, 0) is 38.7 Å². The molecule has 1 aromatic rings. The normalized spacial score (nSPS) is 32.7. The summed E-state index contributed by atoms with van der Waals surface area (Å²) in [5.74, 6) is 0.893. The molecule has 1 fully saturated rings. The van der Waals surface area contributed by atoms with Gasteiger partial charge in [-0.1, -0.05) is 43.7 Å². The molecule has 5 nitrogen and oxygen atoms in total. The molecule has 0 saturated carbocycles. The number of phenols is 1. The van der Waals surface area contributed by atoms with Crippen molar-refractivity contribution in [2.24, 2.45) is 23.2 Å². The van der Waals surface area contributed by atoms with Gasteiger partial charge < -0.3 is 19.9 Å². The zero-order chi connectivity index (χ0) is 19.8. The molecule has 1 aliphatic carbocycles. The molecule has 2 N–H and O–H groups in total. The van der Waals surface area contributed by atoms with E-state index < -0.39 is 0 Å². The van der Waals surface area contributed by atoms with E-state index in [-0.39, 0.29) is 47.2 Å². The molecule has 1 aliphatic heterocycles. The van der Waals surface area contributed by atoms with E-state index in [1.165, 1.54) is 5.57 Å². The van der Waals surface area contributed by atoms with Gasteiger partial charge in [0.2, 0.25) is 0 Å². The van der Waals surface area contributed by atoms with Crippen LogP contribution in [0.3, 0.4) is 0 Å². The number of hydrogen-bond donors (Lipinski definition) is 2. The zero-order valence-electron chi connectivity index (χ0n) is 16.9. The quantitative estimate of drug-likeness (QED) is 0.766. The van der Waals surface area contributed by atoms with Crippen molar-refractivity contribution in [3.05, 3.63) is 41.5 Å². The van der Waals surface area contributed by atoms with Gasteiger partial charge in [-0.3, -0.25) is 0 Å². The zero-order valence-corrected chi connectivity index (χ0v) is 16.9. The summed E-state index contributed by atoms with van der Waals surface area (Å²) in [5.41, 5.74) is 1.83. The van der Waals surface area contributed by atoms with Crippen LogP contribution in [0, 0.1) is 23.2 Å². The number of alkyl carbamates (subject to hydrolysis) is 1. The number of nitrogens with one attached hydrogen (secondary N) is 1. The maximum atomic E-state index is 12.0. The smallest absolute Gasteiger partial charge is 0.407 e. The van der Waals surface area contributed by atoms with Crippen molar-refractivity contribution in [2.75, 3.05) is 13.2 Å². The molecule has 0 spiro atoms. The number of amides is 1. The molecule has 3 unspecified atom stereocenters. The fourth-order valence-electron chi connectivity index (χ4n) is 4.74. The Hall–Kier alpha value is -2.01. The highest BCUT2D eigenvalue weighted by atomic mass is 16.6. The van der Waals surface area contributed by atoms with Crippen LogP contribution in [0.25, 0.3) is 0 Å². The van der Waals surface area contributed by atoms with E-state index in [1.54, 1.807) is 6.07 Å². The summed E-state index contributed by atoms with van der Waals surface area (Å²) in [6, 6.07) is 7.42. The summed E-state index contributed by atoms with van der Waals surface area (Å²) in [6.45, 7) is 11.2. The van der Waals surface area contributed by atoms with Crippen LogP contribution < -0.4 is 5.32 Å². The molecule has 3 rings (SSSR count). The van der Waals surface area contributed by atoms with E-state index in [4.69, 9.17) is 9.47 Å². The van der Waals surface area contributed by atoms with Crippen molar-refractivity contribution < 1.29 is 19.4 Å². The Morgan fingerprint density at radius 1 is 1.37 bits per heavy atom. The molecule has 5 atom stereocenters. The minimum Gasteiger partial charge on any atom is -0.508 e. The highest BCUT2D eigenvalue weighted by Crippen LogP contribution is 2.57. The molecule has 0 aromatic heterocycles. The van der Waals surface area contributed by atoms with Gasteiger partial charge >= 0.3 is 6.09 Å². The molecular weight excluding hydrogens is 342 g/mol. The van der Waals surface area contributed by atoms with Crippen LogP contribution in [-0.4, -0.2) is 30.5 Å². The number of benzene rings is 1. The van der Waals surface area contributed by atoms with Crippen LogP contribution in [-0.2, 0) is 9.47 Å². The van der Waals surface area contributed by atoms with Crippen LogP contribution in [0.5, 0.6) is 5.75 Å². The van der Waals surface area contributed by atoms with Crippen LogP contribution in [0.15, 0.2) is 35.9 Å². The van der Waals surface area contributed by atoms with E-state index in [9.17, 15) is 9.90 Å². The lowest BCUT2D eigenvalue weighted by atomic mass is 9.56. The summed E-state index contributed by atoms with van der Waals surface area (Å²) in [6.07, 6.45) is 1.70. The molecule has 5 heteroatoms. The topological polar surface area (TPSA) is 67.8 Å². The highest BCUT2D eigenvalue weighted by Gasteiger charge is 2.54. The van der Waals surface area contributed by atoms with Gasteiger partial charge in [-0.2, -0.15) is 0 Å². The van der Waals surface area contributed by atoms with E-state index in [1.807, 2.05) is 32.0 Å². The molecule has 0 radical (unpaired) electrons. The molecule has 2 bridgehead atoms. The molecule has 1 saturated heterocycles. The summed E-state index contributed by atoms with van der Waals surface area (Å²) >= 11 is 0. The Morgan fingerprint density at radius 2 is 2.07 bits per heavy atom. The Labute approximate surface area is 161 Å². The predicted molar refractivity (Wildman–Crippen MR) is 104 cm³/mol. The van der Waals surface area contributed by atoms with Crippen LogP contribution >= 0.6 is 0 Å². The van der Waals surface area contributed by atoms with Crippen molar-refractivity contribution in [1.29, 1.82) is 0 Å². The fraction of sp³-hybridized carbons (Fsp3) is 0.591. The van der Waals surface area contributed by atoms with Crippen molar-refractivity contribution in [2.45, 2.75) is 46.8 Å². The lowest BCUT2D eigenvalue weighted by Gasteiger charge is -2.55. The Morgan fingerprint density at radius 3 is 2.74 bits per heavy atom. The van der Waals surface area contributed by atoms with E-state index >= 15 is 0 Å². The second-order valence-electron chi connectivity index (χ2n) is 8.41. The molecule has 148 valence electrons. The number of carbonyl (C=O) groups excluding carboxylic acids is 1. The maximum Gasteiger partial charge on any atom is 0.407 e. The number of rotatable bonds is 4. The Balaban J connectivity index is 1.87. The average Bonchev–Trinajstić information content (AvgIpc) is 2.59. The number of ether oxygens (including phenoxy) is 2. The van der Waals surface area contributed by atoms with Gasteiger partial charge in [0.05, 0.1) is 12.7 Å². The third kappa shape index (κ3) is 3.57.